The predicted octanol–water partition coefficient (Wildman–Crippen LogP) is 1.53. The minimum Gasteiger partial charge on any atom is -0.396 e. The fraction of sp³-hybridized carbons (Fsp3) is 0.500. The first-order valence-electron chi connectivity index (χ1n) is 6.11. The van der Waals surface area contributed by atoms with Crippen molar-refractivity contribution in [2.24, 2.45) is 11.1 Å². The summed E-state index contributed by atoms with van der Waals surface area (Å²) in [7, 11) is 0. The number of hydrogen-bond donors (Lipinski definition) is 3. The number of carbonyl (C=O) groups excluding carboxylic acids is 1. The number of nitrogens with one attached hydrogen (secondary N) is 1. The Morgan fingerprint density at radius 1 is 1.33 bits per heavy atom. The maximum Gasteiger partial charge on any atom is 0.241 e. The van der Waals surface area contributed by atoms with Crippen LogP contribution in [0.4, 0.5) is 5.69 Å². The van der Waals surface area contributed by atoms with Gasteiger partial charge in [0, 0.05) is 12.3 Å². The third-order valence-electron chi connectivity index (χ3n) is 2.84. The van der Waals surface area contributed by atoms with Crippen LogP contribution < -0.4 is 11.1 Å². The van der Waals surface area contributed by atoms with Gasteiger partial charge >= 0.3 is 0 Å². The highest BCUT2D eigenvalue weighted by Crippen LogP contribution is 2.19. The maximum atomic E-state index is 11.9. The van der Waals surface area contributed by atoms with E-state index in [0.717, 1.165) is 11.3 Å². The quantitative estimate of drug-likeness (QED) is 0.758. The first kappa shape index (κ1) is 14.7. The molecule has 1 rings (SSSR count). The lowest BCUT2D eigenvalue weighted by atomic mass is 9.87. The van der Waals surface area contributed by atoms with Crippen LogP contribution in [0.1, 0.15) is 26.3 Å². The van der Waals surface area contributed by atoms with Crippen molar-refractivity contribution in [2.45, 2.75) is 33.2 Å². The van der Waals surface area contributed by atoms with Crippen molar-refractivity contribution >= 4 is 11.6 Å². The topological polar surface area (TPSA) is 75.4 Å². The molecule has 0 aliphatic rings. The van der Waals surface area contributed by atoms with E-state index in [9.17, 15) is 4.79 Å². The molecule has 18 heavy (non-hydrogen) atoms. The van der Waals surface area contributed by atoms with Crippen molar-refractivity contribution in [1.29, 1.82) is 0 Å². The van der Waals surface area contributed by atoms with Gasteiger partial charge in [0.05, 0.1) is 6.04 Å². The molecule has 1 aromatic carbocycles. The van der Waals surface area contributed by atoms with Crippen LogP contribution in [-0.2, 0) is 11.2 Å². The number of hydrogen-bond acceptors (Lipinski definition) is 3. The standard InChI is InChI=1S/C14H22N2O2/c1-14(2,3)12(15)13(18)16-11-6-4-10(5-7-11)8-9-17/h4-7,12,17H,8-9,15H2,1-3H3,(H,16,18). The summed E-state index contributed by atoms with van der Waals surface area (Å²) in [4.78, 5) is 11.9. The second-order valence-corrected chi connectivity index (χ2v) is 5.50. The molecule has 4 heteroatoms. The molecule has 1 atom stereocenters. The number of aliphatic hydroxyl groups excluding tert-OH is 1. The molecule has 4 nitrogen and oxygen atoms in total. The summed E-state index contributed by atoms with van der Waals surface area (Å²) in [6.07, 6.45) is 0.621. The number of rotatable bonds is 4. The second kappa shape index (κ2) is 5.98. The minimum absolute atomic E-state index is 0.126. The normalized spacial score (nSPS) is 13.2. The molecule has 0 heterocycles. The molecular formula is C14H22N2O2. The molecule has 0 saturated heterocycles. The van der Waals surface area contributed by atoms with E-state index in [2.05, 4.69) is 5.32 Å². The molecule has 100 valence electrons. The lowest BCUT2D eigenvalue weighted by molar-refractivity contribution is -0.119. The van der Waals surface area contributed by atoms with Crippen LogP contribution in [0.2, 0.25) is 0 Å². The summed E-state index contributed by atoms with van der Waals surface area (Å²) >= 11 is 0. The monoisotopic (exact) mass is 250 g/mol. The number of amides is 1. The van der Waals surface area contributed by atoms with E-state index in [1.165, 1.54) is 0 Å². The van der Waals surface area contributed by atoms with Gasteiger partial charge in [0.2, 0.25) is 5.91 Å². The fourth-order valence-corrected chi connectivity index (χ4v) is 1.50. The number of anilines is 1. The highest BCUT2D eigenvalue weighted by Gasteiger charge is 2.27. The fourth-order valence-electron chi connectivity index (χ4n) is 1.50. The number of benzene rings is 1. The zero-order chi connectivity index (χ0) is 13.8. The summed E-state index contributed by atoms with van der Waals surface area (Å²) in [6, 6.07) is 6.86. The lowest BCUT2D eigenvalue weighted by Crippen LogP contribution is -2.45. The van der Waals surface area contributed by atoms with Crippen LogP contribution in [-0.4, -0.2) is 23.7 Å². The van der Waals surface area contributed by atoms with Crippen molar-refractivity contribution in [3.63, 3.8) is 0 Å². The SMILES string of the molecule is CC(C)(C)C(N)C(=O)Nc1ccc(CCO)cc1. The Morgan fingerprint density at radius 3 is 2.33 bits per heavy atom. The van der Waals surface area contributed by atoms with E-state index in [-0.39, 0.29) is 17.9 Å². The summed E-state index contributed by atoms with van der Waals surface area (Å²) in [5, 5.41) is 11.6. The van der Waals surface area contributed by atoms with Gasteiger partial charge in [0.25, 0.3) is 0 Å². The van der Waals surface area contributed by atoms with Crippen molar-refractivity contribution in [3.05, 3.63) is 29.8 Å². The van der Waals surface area contributed by atoms with Crippen LogP contribution in [0, 0.1) is 5.41 Å². The van der Waals surface area contributed by atoms with E-state index in [0.29, 0.717) is 6.42 Å². The second-order valence-electron chi connectivity index (χ2n) is 5.50. The zero-order valence-electron chi connectivity index (χ0n) is 11.2. The van der Waals surface area contributed by atoms with Crippen molar-refractivity contribution in [3.8, 4) is 0 Å². The highest BCUT2D eigenvalue weighted by molar-refractivity contribution is 5.95. The smallest absolute Gasteiger partial charge is 0.241 e. The summed E-state index contributed by atoms with van der Waals surface area (Å²) in [6.45, 7) is 5.92. The van der Waals surface area contributed by atoms with Crippen molar-refractivity contribution in [1.82, 2.24) is 0 Å². The Hall–Kier alpha value is -1.39. The molecule has 0 bridgehead atoms. The number of carbonyl (C=O) groups is 1. The molecule has 1 unspecified atom stereocenters. The van der Waals surface area contributed by atoms with E-state index >= 15 is 0 Å². The Morgan fingerprint density at radius 2 is 1.89 bits per heavy atom. The Bertz CT molecular complexity index is 393. The van der Waals surface area contributed by atoms with Gasteiger partial charge in [-0.1, -0.05) is 32.9 Å². The van der Waals surface area contributed by atoms with Crippen molar-refractivity contribution in [2.75, 3.05) is 11.9 Å². The van der Waals surface area contributed by atoms with Crippen LogP contribution in [0.25, 0.3) is 0 Å². The predicted molar refractivity (Wildman–Crippen MR) is 73.3 cm³/mol. The molecule has 0 radical (unpaired) electrons. The molecule has 0 aliphatic heterocycles. The molecular weight excluding hydrogens is 228 g/mol. The molecule has 1 aromatic rings. The van der Waals surface area contributed by atoms with E-state index < -0.39 is 6.04 Å². The molecule has 0 aliphatic carbocycles. The average Bonchev–Trinajstić information content (AvgIpc) is 2.30. The highest BCUT2D eigenvalue weighted by atomic mass is 16.2. The van der Waals surface area contributed by atoms with Crippen LogP contribution in [0.5, 0.6) is 0 Å². The van der Waals surface area contributed by atoms with Gasteiger partial charge in [-0.15, -0.1) is 0 Å². The Kier molecular flexibility index (Phi) is 4.87. The molecule has 4 N–H and O–H groups in total. The van der Waals surface area contributed by atoms with E-state index in [1.54, 1.807) is 0 Å². The van der Waals surface area contributed by atoms with Gasteiger partial charge in [-0.25, -0.2) is 0 Å². The zero-order valence-corrected chi connectivity index (χ0v) is 11.2. The summed E-state index contributed by atoms with van der Waals surface area (Å²) in [5.74, 6) is -0.183. The molecule has 0 fully saturated rings. The van der Waals surface area contributed by atoms with Gasteiger partial charge in [-0.05, 0) is 29.5 Å². The number of aliphatic hydroxyl groups is 1. The van der Waals surface area contributed by atoms with E-state index in [1.807, 2.05) is 45.0 Å². The molecule has 1 amide bonds. The van der Waals surface area contributed by atoms with E-state index in [4.69, 9.17) is 10.8 Å². The van der Waals surface area contributed by atoms with Gasteiger partial charge in [-0.2, -0.15) is 0 Å². The third-order valence-corrected chi connectivity index (χ3v) is 2.84. The third kappa shape index (κ3) is 4.13. The summed E-state index contributed by atoms with van der Waals surface area (Å²) in [5.41, 5.74) is 7.37. The summed E-state index contributed by atoms with van der Waals surface area (Å²) < 4.78 is 0. The van der Waals surface area contributed by atoms with Gasteiger partial charge in [0.15, 0.2) is 0 Å². The van der Waals surface area contributed by atoms with Crippen LogP contribution in [0.15, 0.2) is 24.3 Å². The largest absolute Gasteiger partial charge is 0.396 e. The molecule has 0 spiro atoms. The number of nitrogens with two attached hydrogens (primary N) is 1. The van der Waals surface area contributed by atoms with Gasteiger partial charge in [-0.3, -0.25) is 4.79 Å². The molecule has 0 aromatic heterocycles. The maximum absolute atomic E-state index is 11.9. The first-order valence-corrected chi connectivity index (χ1v) is 6.11. The van der Waals surface area contributed by atoms with Crippen LogP contribution >= 0.6 is 0 Å². The minimum atomic E-state index is -0.547. The first-order chi connectivity index (χ1) is 8.34. The lowest BCUT2D eigenvalue weighted by Gasteiger charge is -2.25. The average molecular weight is 250 g/mol. The van der Waals surface area contributed by atoms with Crippen molar-refractivity contribution < 1.29 is 9.90 Å². The van der Waals surface area contributed by atoms with Gasteiger partial charge in [0.1, 0.15) is 0 Å². The Labute approximate surface area is 108 Å². The van der Waals surface area contributed by atoms with Gasteiger partial charge < -0.3 is 16.2 Å². The van der Waals surface area contributed by atoms with Crippen LogP contribution in [0.3, 0.4) is 0 Å². The molecule has 0 saturated carbocycles. The Balaban J connectivity index is 2.65.